The zero-order valence-electron chi connectivity index (χ0n) is 22.1. The SMILES string of the molecule is COc1cc(OC)c(-c2nc3c(n2C(C)C)C2(C(=O)Nc4cc(C)ccc42)N(c2cccc(Cl)c2)C3=O)cn1. The molecule has 198 valence electrons. The van der Waals surface area contributed by atoms with Crippen molar-refractivity contribution in [2.45, 2.75) is 32.4 Å². The van der Waals surface area contributed by atoms with Gasteiger partial charge in [0.2, 0.25) is 5.88 Å². The van der Waals surface area contributed by atoms with Crippen LogP contribution in [-0.4, -0.2) is 40.6 Å². The molecule has 4 heterocycles. The molecule has 0 fully saturated rings. The van der Waals surface area contributed by atoms with Gasteiger partial charge in [-0.2, -0.15) is 0 Å². The van der Waals surface area contributed by atoms with E-state index in [2.05, 4.69) is 10.3 Å². The van der Waals surface area contributed by atoms with E-state index in [1.807, 2.05) is 43.5 Å². The van der Waals surface area contributed by atoms with Gasteiger partial charge in [0.05, 0.1) is 25.5 Å². The lowest BCUT2D eigenvalue weighted by Crippen LogP contribution is -2.51. The van der Waals surface area contributed by atoms with E-state index in [1.165, 1.54) is 12.0 Å². The number of pyridine rings is 1. The summed E-state index contributed by atoms with van der Waals surface area (Å²) < 4.78 is 12.9. The van der Waals surface area contributed by atoms with Crippen molar-refractivity contribution in [1.29, 1.82) is 0 Å². The number of anilines is 2. The van der Waals surface area contributed by atoms with Gasteiger partial charge in [0.15, 0.2) is 11.2 Å². The van der Waals surface area contributed by atoms with E-state index in [0.29, 0.717) is 50.7 Å². The van der Waals surface area contributed by atoms with Crippen molar-refractivity contribution in [2.75, 3.05) is 24.4 Å². The molecule has 0 radical (unpaired) electrons. The Morgan fingerprint density at radius 3 is 2.54 bits per heavy atom. The second kappa shape index (κ2) is 8.84. The van der Waals surface area contributed by atoms with Gasteiger partial charge in [-0.15, -0.1) is 0 Å². The smallest absolute Gasteiger partial charge is 0.280 e. The molecule has 2 aliphatic rings. The molecule has 39 heavy (non-hydrogen) atoms. The van der Waals surface area contributed by atoms with Crippen LogP contribution in [0.15, 0.2) is 54.7 Å². The molecule has 1 N–H and O–H groups in total. The van der Waals surface area contributed by atoms with Gasteiger partial charge >= 0.3 is 0 Å². The molecule has 1 unspecified atom stereocenters. The predicted molar refractivity (Wildman–Crippen MR) is 148 cm³/mol. The lowest BCUT2D eigenvalue weighted by molar-refractivity contribution is -0.119. The Labute approximate surface area is 230 Å². The molecular weight excluding hydrogens is 518 g/mol. The van der Waals surface area contributed by atoms with E-state index in [0.717, 1.165) is 5.56 Å². The minimum atomic E-state index is -1.51. The van der Waals surface area contributed by atoms with Gasteiger partial charge in [-0.05, 0) is 50.6 Å². The maximum absolute atomic E-state index is 14.3. The second-order valence-corrected chi connectivity index (χ2v) is 10.3. The molecule has 1 atom stereocenters. The van der Waals surface area contributed by atoms with Crippen molar-refractivity contribution in [3.8, 4) is 23.0 Å². The summed E-state index contributed by atoms with van der Waals surface area (Å²) in [6.07, 6.45) is 1.60. The third kappa shape index (κ3) is 3.39. The summed E-state index contributed by atoms with van der Waals surface area (Å²) in [4.78, 5) is 39.3. The number of aromatic nitrogens is 3. The van der Waals surface area contributed by atoms with Gasteiger partial charge < -0.3 is 19.4 Å². The fourth-order valence-electron chi connectivity index (χ4n) is 5.65. The number of aryl methyl sites for hydroxylation is 1. The number of hydrogen-bond donors (Lipinski definition) is 1. The summed E-state index contributed by atoms with van der Waals surface area (Å²) in [5, 5.41) is 3.49. The Bertz CT molecular complexity index is 1680. The molecule has 10 heteroatoms. The highest BCUT2D eigenvalue weighted by atomic mass is 35.5. The molecule has 9 nitrogen and oxygen atoms in total. The number of carbonyl (C=O) groups excluding carboxylic acids is 2. The Balaban J connectivity index is 1.71. The highest BCUT2D eigenvalue weighted by Crippen LogP contribution is 2.54. The van der Waals surface area contributed by atoms with Crippen LogP contribution < -0.4 is 19.7 Å². The highest BCUT2D eigenvalue weighted by molar-refractivity contribution is 6.31. The molecular formula is C29H26ClN5O4. The van der Waals surface area contributed by atoms with Gasteiger partial charge in [-0.3, -0.25) is 14.5 Å². The van der Waals surface area contributed by atoms with E-state index in [-0.39, 0.29) is 17.6 Å². The average molecular weight is 544 g/mol. The van der Waals surface area contributed by atoms with E-state index in [4.69, 9.17) is 26.1 Å². The van der Waals surface area contributed by atoms with Crippen molar-refractivity contribution < 1.29 is 19.1 Å². The van der Waals surface area contributed by atoms with Crippen LogP contribution in [0.5, 0.6) is 11.6 Å². The van der Waals surface area contributed by atoms with Crippen LogP contribution in [0, 0.1) is 6.92 Å². The van der Waals surface area contributed by atoms with Gasteiger partial charge in [-0.25, -0.2) is 9.97 Å². The normalized spacial score (nSPS) is 17.6. The quantitative estimate of drug-likeness (QED) is 0.364. The largest absolute Gasteiger partial charge is 0.496 e. The number of rotatable bonds is 5. The number of amides is 2. The van der Waals surface area contributed by atoms with Crippen molar-refractivity contribution in [2.24, 2.45) is 0 Å². The first-order chi connectivity index (χ1) is 18.7. The zero-order chi connectivity index (χ0) is 27.6. The zero-order valence-corrected chi connectivity index (χ0v) is 22.8. The van der Waals surface area contributed by atoms with Crippen LogP contribution in [0.25, 0.3) is 11.4 Å². The summed E-state index contributed by atoms with van der Waals surface area (Å²) in [5.74, 6) is 0.576. The predicted octanol–water partition coefficient (Wildman–Crippen LogP) is 5.36. The Hall–Kier alpha value is -4.37. The number of fused-ring (bicyclic) bond motifs is 4. The number of ether oxygens (including phenoxy) is 2. The van der Waals surface area contributed by atoms with E-state index < -0.39 is 11.4 Å². The maximum Gasteiger partial charge on any atom is 0.280 e. The molecule has 6 rings (SSSR count). The molecule has 1 spiro atoms. The summed E-state index contributed by atoms with van der Waals surface area (Å²) in [6, 6.07) is 14.2. The van der Waals surface area contributed by atoms with Crippen LogP contribution in [-0.2, 0) is 10.3 Å². The van der Waals surface area contributed by atoms with Crippen molar-refractivity contribution in [3.05, 3.63) is 82.3 Å². The highest BCUT2D eigenvalue weighted by Gasteiger charge is 2.64. The standard InChI is InChI=1S/C29H26ClN5O4/c1-15(2)34-25-24(33-26(34)19-14-31-23(39-5)13-22(19)38-4)27(36)35(18-8-6-7-17(30)12-18)29(25)20-10-9-16(3)11-21(20)32-28(29)37/h6-15H,1-5H3,(H,32,37). The van der Waals surface area contributed by atoms with Crippen LogP contribution >= 0.6 is 11.6 Å². The number of nitrogens with zero attached hydrogens (tertiary/aromatic N) is 4. The number of benzene rings is 2. The minimum Gasteiger partial charge on any atom is -0.496 e. The number of hydrogen-bond acceptors (Lipinski definition) is 6. The first-order valence-electron chi connectivity index (χ1n) is 12.5. The lowest BCUT2D eigenvalue weighted by Gasteiger charge is -2.35. The van der Waals surface area contributed by atoms with Crippen LogP contribution in [0.4, 0.5) is 11.4 Å². The number of halogens is 1. The molecule has 0 saturated heterocycles. The molecule has 0 saturated carbocycles. The Kier molecular flexibility index (Phi) is 5.65. The number of nitrogens with one attached hydrogen (secondary N) is 1. The van der Waals surface area contributed by atoms with Crippen molar-refractivity contribution >= 4 is 34.8 Å². The molecule has 0 bridgehead atoms. The van der Waals surface area contributed by atoms with Crippen molar-refractivity contribution in [1.82, 2.24) is 14.5 Å². The summed E-state index contributed by atoms with van der Waals surface area (Å²) in [6.45, 7) is 5.92. The van der Waals surface area contributed by atoms with Gasteiger partial charge in [-0.1, -0.05) is 29.8 Å². The van der Waals surface area contributed by atoms with E-state index in [1.54, 1.807) is 43.6 Å². The third-order valence-electron chi connectivity index (χ3n) is 7.23. The summed E-state index contributed by atoms with van der Waals surface area (Å²) >= 11 is 6.36. The van der Waals surface area contributed by atoms with Gasteiger partial charge in [0.25, 0.3) is 11.8 Å². The molecule has 2 aromatic heterocycles. The van der Waals surface area contributed by atoms with Crippen LogP contribution in [0.2, 0.25) is 5.02 Å². The topological polar surface area (TPSA) is 98.6 Å². The monoisotopic (exact) mass is 543 g/mol. The third-order valence-corrected chi connectivity index (χ3v) is 7.47. The molecule has 4 aromatic rings. The maximum atomic E-state index is 14.3. The fraction of sp³-hybridized carbons (Fsp3) is 0.241. The fourth-order valence-corrected chi connectivity index (χ4v) is 5.83. The van der Waals surface area contributed by atoms with E-state index >= 15 is 0 Å². The second-order valence-electron chi connectivity index (χ2n) is 9.86. The van der Waals surface area contributed by atoms with Crippen LogP contribution in [0.3, 0.4) is 0 Å². The molecule has 2 amide bonds. The number of methoxy groups -OCH3 is 2. The molecule has 0 aliphatic carbocycles. The first kappa shape index (κ1) is 24.9. The van der Waals surface area contributed by atoms with Crippen molar-refractivity contribution in [3.63, 3.8) is 0 Å². The average Bonchev–Trinajstić information content (AvgIpc) is 3.52. The minimum absolute atomic E-state index is 0.181. The lowest BCUT2D eigenvalue weighted by atomic mass is 9.86. The summed E-state index contributed by atoms with van der Waals surface area (Å²) in [5.41, 5.74) is 2.51. The summed E-state index contributed by atoms with van der Waals surface area (Å²) in [7, 11) is 3.07. The van der Waals surface area contributed by atoms with Crippen LogP contribution in [0.1, 0.15) is 47.2 Å². The Morgan fingerprint density at radius 2 is 1.85 bits per heavy atom. The van der Waals surface area contributed by atoms with Gasteiger partial charge in [0.1, 0.15) is 11.6 Å². The van der Waals surface area contributed by atoms with E-state index in [9.17, 15) is 9.59 Å². The number of carbonyl (C=O) groups is 2. The molecule has 2 aliphatic heterocycles. The Morgan fingerprint density at radius 1 is 1.05 bits per heavy atom. The first-order valence-corrected chi connectivity index (χ1v) is 12.8. The number of imidazole rings is 1. The molecule has 2 aromatic carbocycles. The van der Waals surface area contributed by atoms with Gasteiger partial charge in [0, 0.05) is 40.3 Å².